The third kappa shape index (κ3) is 4.47. The van der Waals surface area contributed by atoms with E-state index < -0.39 is 5.91 Å². The van der Waals surface area contributed by atoms with Crippen LogP contribution in [0.4, 0.5) is 5.69 Å². The number of nitrogens with zero attached hydrogens (tertiary/aromatic N) is 1. The summed E-state index contributed by atoms with van der Waals surface area (Å²) in [6.45, 7) is 0.218. The molecule has 0 aliphatic carbocycles. The fraction of sp³-hybridized carbons (Fsp3) is 0.0870. The summed E-state index contributed by atoms with van der Waals surface area (Å²) >= 11 is 1.58. The standard InChI is InChI=1S/C23H19N3O3S/c24-22(27)11-12-29-16-9-7-15(8-10-16)25-23(28)18-14-20(21-6-3-13-30-21)26-19-5-2-1-4-17(18)19/h1-10,13-14H,11-12H2,(H2,24,27)(H,25,28). The number of amides is 2. The Morgan fingerprint density at radius 2 is 1.83 bits per heavy atom. The number of hydrogen-bond acceptors (Lipinski definition) is 5. The molecule has 2 aromatic heterocycles. The first-order valence-electron chi connectivity index (χ1n) is 9.36. The van der Waals surface area contributed by atoms with Crippen molar-refractivity contribution in [3.05, 3.63) is 77.7 Å². The molecule has 0 spiro atoms. The average molecular weight is 417 g/mol. The van der Waals surface area contributed by atoms with E-state index in [1.165, 1.54) is 0 Å². The number of aromatic nitrogens is 1. The van der Waals surface area contributed by atoms with E-state index in [1.54, 1.807) is 35.6 Å². The minimum absolute atomic E-state index is 0.153. The number of carbonyl (C=O) groups excluding carboxylic acids is 2. The number of benzene rings is 2. The Bertz CT molecular complexity index is 1190. The molecule has 0 radical (unpaired) electrons. The molecule has 2 amide bonds. The van der Waals surface area contributed by atoms with Crippen LogP contribution in [0, 0.1) is 0 Å². The van der Waals surface area contributed by atoms with E-state index in [1.807, 2.05) is 47.8 Å². The summed E-state index contributed by atoms with van der Waals surface area (Å²) in [5.41, 5.74) is 7.84. The van der Waals surface area contributed by atoms with Gasteiger partial charge in [0.2, 0.25) is 5.91 Å². The second-order valence-electron chi connectivity index (χ2n) is 6.59. The van der Waals surface area contributed by atoms with Crippen LogP contribution < -0.4 is 15.8 Å². The Balaban J connectivity index is 1.56. The molecule has 30 heavy (non-hydrogen) atoms. The molecule has 6 nitrogen and oxygen atoms in total. The molecule has 0 saturated carbocycles. The predicted octanol–water partition coefficient (Wildman–Crippen LogP) is 4.47. The lowest BCUT2D eigenvalue weighted by Crippen LogP contribution is -2.14. The Hall–Kier alpha value is -3.71. The smallest absolute Gasteiger partial charge is 0.256 e. The molecule has 150 valence electrons. The van der Waals surface area contributed by atoms with Crippen molar-refractivity contribution < 1.29 is 14.3 Å². The molecular formula is C23H19N3O3S. The zero-order valence-corrected chi connectivity index (χ0v) is 16.8. The third-order valence-corrected chi connectivity index (χ3v) is 5.36. The molecule has 0 bridgehead atoms. The van der Waals surface area contributed by atoms with Gasteiger partial charge in [0.05, 0.1) is 34.7 Å². The summed E-state index contributed by atoms with van der Waals surface area (Å²) in [5, 5.41) is 5.71. The van der Waals surface area contributed by atoms with Crippen LogP contribution in [-0.2, 0) is 4.79 Å². The van der Waals surface area contributed by atoms with E-state index in [0.717, 1.165) is 21.5 Å². The van der Waals surface area contributed by atoms with E-state index >= 15 is 0 Å². The van der Waals surface area contributed by atoms with Crippen LogP contribution in [0.3, 0.4) is 0 Å². The van der Waals surface area contributed by atoms with Gasteiger partial charge in [0.1, 0.15) is 5.75 Å². The van der Waals surface area contributed by atoms with Gasteiger partial charge in [-0.25, -0.2) is 4.98 Å². The highest BCUT2D eigenvalue weighted by Gasteiger charge is 2.14. The molecule has 3 N–H and O–H groups in total. The topological polar surface area (TPSA) is 94.3 Å². The molecule has 0 aliphatic heterocycles. The maximum absolute atomic E-state index is 13.1. The quantitative estimate of drug-likeness (QED) is 0.464. The van der Waals surface area contributed by atoms with Gasteiger partial charge in [-0.3, -0.25) is 9.59 Å². The first-order chi connectivity index (χ1) is 14.6. The van der Waals surface area contributed by atoms with Crippen molar-refractivity contribution >= 4 is 39.7 Å². The SMILES string of the molecule is NC(=O)CCOc1ccc(NC(=O)c2cc(-c3cccs3)nc3ccccc23)cc1. The van der Waals surface area contributed by atoms with Crippen LogP contribution in [0.15, 0.2) is 72.1 Å². The molecule has 0 fully saturated rings. The highest BCUT2D eigenvalue weighted by atomic mass is 32.1. The fourth-order valence-corrected chi connectivity index (χ4v) is 3.70. The normalized spacial score (nSPS) is 10.7. The minimum Gasteiger partial charge on any atom is -0.493 e. The van der Waals surface area contributed by atoms with Crippen molar-refractivity contribution in [2.24, 2.45) is 5.73 Å². The lowest BCUT2D eigenvalue weighted by atomic mass is 10.1. The number of nitrogens with one attached hydrogen (secondary N) is 1. The van der Waals surface area contributed by atoms with E-state index in [-0.39, 0.29) is 18.9 Å². The average Bonchev–Trinajstić information content (AvgIpc) is 3.29. The number of primary amides is 1. The third-order valence-electron chi connectivity index (χ3n) is 4.46. The largest absolute Gasteiger partial charge is 0.493 e. The van der Waals surface area contributed by atoms with Crippen LogP contribution in [0.25, 0.3) is 21.5 Å². The van der Waals surface area contributed by atoms with Gasteiger partial charge in [-0.05, 0) is 47.8 Å². The highest BCUT2D eigenvalue weighted by Crippen LogP contribution is 2.28. The van der Waals surface area contributed by atoms with E-state index in [9.17, 15) is 9.59 Å². The first-order valence-corrected chi connectivity index (χ1v) is 10.2. The Labute approximate surface area is 177 Å². The predicted molar refractivity (Wildman–Crippen MR) is 119 cm³/mol. The van der Waals surface area contributed by atoms with Crippen molar-refractivity contribution in [1.29, 1.82) is 0 Å². The van der Waals surface area contributed by atoms with Crippen molar-refractivity contribution in [3.8, 4) is 16.3 Å². The molecule has 2 heterocycles. The van der Waals surface area contributed by atoms with Crippen LogP contribution in [-0.4, -0.2) is 23.4 Å². The number of para-hydroxylation sites is 1. The molecule has 0 unspecified atom stereocenters. The van der Waals surface area contributed by atoms with Crippen LogP contribution in [0.2, 0.25) is 0 Å². The van der Waals surface area contributed by atoms with Gasteiger partial charge >= 0.3 is 0 Å². The first kappa shape index (κ1) is 19.6. The summed E-state index contributed by atoms with van der Waals surface area (Å²) in [6, 6.07) is 20.3. The number of rotatable bonds is 7. The Kier molecular flexibility index (Phi) is 5.72. The number of pyridine rings is 1. The fourth-order valence-electron chi connectivity index (χ4n) is 3.02. The Morgan fingerprint density at radius 1 is 1.03 bits per heavy atom. The van der Waals surface area contributed by atoms with Crippen molar-refractivity contribution in [1.82, 2.24) is 4.98 Å². The molecular weight excluding hydrogens is 398 g/mol. The van der Waals surface area contributed by atoms with Gasteiger partial charge in [-0.15, -0.1) is 11.3 Å². The van der Waals surface area contributed by atoms with Gasteiger partial charge in [-0.2, -0.15) is 0 Å². The molecule has 4 rings (SSSR count). The lowest BCUT2D eigenvalue weighted by Gasteiger charge is -2.11. The van der Waals surface area contributed by atoms with Crippen molar-refractivity contribution in [2.45, 2.75) is 6.42 Å². The van der Waals surface area contributed by atoms with Gasteiger partial charge in [0, 0.05) is 11.1 Å². The molecule has 4 aromatic rings. The number of hydrogen-bond donors (Lipinski definition) is 2. The second-order valence-corrected chi connectivity index (χ2v) is 7.54. The summed E-state index contributed by atoms with van der Waals surface area (Å²) in [4.78, 5) is 29.6. The van der Waals surface area contributed by atoms with Gasteiger partial charge < -0.3 is 15.8 Å². The van der Waals surface area contributed by atoms with Gasteiger partial charge in [0.15, 0.2) is 0 Å². The maximum atomic E-state index is 13.1. The number of anilines is 1. The summed E-state index contributed by atoms with van der Waals surface area (Å²) in [5.74, 6) is -0.0252. The van der Waals surface area contributed by atoms with E-state index in [0.29, 0.717) is 17.0 Å². The van der Waals surface area contributed by atoms with Gasteiger partial charge in [-0.1, -0.05) is 24.3 Å². The molecule has 0 saturated heterocycles. The number of fused-ring (bicyclic) bond motifs is 1. The molecule has 7 heteroatoms. The zero-order chi connectivity index (χ0) is 20.9. The highest BCUT2D eigenvalue weighted by molar-refractivity contribution is 7.13. The van der Waals surface area contributed by atoms with Crippen LogP contribution in [0.1, 0.15) is 16.8 Å². The number of ether oxygens (including phenoxy) is 1. The number of nitrogens with two attached hydrogens (primary N) is 1. The summed E-state index contributed by atoms with van der Waals surface area (Å²) < 4.78 is 5.46. The van der Waals surface area contributed by atoms with Crippen LogP contribution >= 0.6 is 11.3 Å². The van der Waals surface area contributed by atoms with E-state index in [4.69, 9.17) is 15.5 Å². The van der Waals surface area contributed by atoms with Gasteiger partial charge in [0.25, 0.3) is 5.91 Å². The zero-order valence-electron chi connectivity index (χ0n) is 16.0. The molecule has 0 atom stereocenters. The maximum Gasteiger partial charge on any atom is 0.256 e. The number of thiophene rings is 1. The summed E-state index contributed by atoms with van der Waals surface area (Å²) in [6.07, 6.45) is 0.153. The van der Waals surface area contributed by atoms with Crippen molar-refractivity contribution in [3.63, 3.8) is 0 Å². The van der Waals surface area contributed by atoms with Crippen LogP contribution in [0.5, 0.6) is 5.75 Å². The monoisotopic (exact) mass is 417 g/mol. The minimum atomic E-state index is -0.412. The summed E-state index contributed by atoms with van der Waals surface area (Å²) in [7, 11) is 0. The van der Waals surface area contributed by atoms with E-state index in [2.05, 4.69) is 5.32 Å². The molecule has 0 aliphatic rings. The Morgan fingerprint density at radius 3 is 2.57 bits per heavy atom. The second kappa shape index (κ2) is 8.75. The van der Waals surface area contributed by atoms with Crippen molar-refractivity contribution in [2.75, 3.05) is 11.9 Å². The molecule has 2 aromatic carbocycles. The number of carbonyl (C=O) groups is 2. The lowest BCUT2D eigenvalue weighted by molar-refractivity contribution is -0.118.